The molecule has 11 nitrogen and oxygen atoms in total. The maximum Gasteiger partial charge on any atom is 0.320 e. The zero-order chi connectivity index (χ0) is 28.2. The highest BCUT2D eigenvalue weighted by Crippen LogP contribution is 2.39. The smallest absolute Gasteiger partial charge is 0.320 e. The number of aliphatic hydroxyl groups excluding tert-OH is 2. The normalized spacial score (nSPS) is 19.6. The molecule has 11 heteroatoms. The highest BCUT2D eigenvalue weighted by molar-refractivity contribution is 6.33. The molecule has 1 unspecified atom stereocenters. The number of carbonyl (C=O) groups is 2. The molecule has 3 aliphatic rings. The number of amides is 3. The molecule has 3 aromatic heterocycles. The first-order valence-electron chi connectivity index (χ1n) is 13.8. The standard InChI is InChI=1S/C30H29N7O4/c31-13-19-11-20-15-36(30(41)34-7-4-18(17-38)5-8-34)10-9-35-16-22(21(12-19)27(20)35)25-26(29(40)33-28(25)39)23-14-32-24-3-1-2-6-37(23)24/h1-3,6,11-12,14,16,18,29,38,40H,4-5,7-10,15,17H2,(H,33,39). The van der Waals surface area contributed by atoms with Gasteiger partial charge in [-0.3, -0.25) is 9.20 Å². The summed E-state index contributed by atoms with van der Waals surface area (Å²) in [5.74, 6) is -0.165. The number of hydrogen-bond donors (Lipinski definition) is 3. The van der Waals surface area contributed by atoms with E-state index in [0.717, 1.165) is 29.3 Å². The molecule has 3 N–H and O–H groups in total. The molecule has 3 amide bonds. The minimum atomic E-state index is -1.22. The second-order valence-electron chi connectivity index (χ2n) is 10.9. The summed E-state index contributed by atoms with van der Waals surface area (Å²) in [6.07, 6.45) is 5.73. The average Bonchev–Trinajstić information content (AvgIpc) is 3.62. The molecule has 0 saturated carbocycles. The highest BCUT2D eigenvalue weighted by Gasteiger charge is 2.36. The predicted molar refractivity (Wildman–Crippen MR) is 150 cm³/mol. The van der Waals surface area contributed by atoms with Gasteiger partial charge in [0.1, 0.15) is 5.65 Å². The van der Waals surface area contributed by atoms with Crippen molar-refractivity contribution in [2.24, 2.45) is 5.92 Å². The van der Waals surface area contributed by atoms with Gasteiger partial charge in [-0.05, 0) is 48.6 Å². The number of hydrogen-bond acceptors (Lipinski definition) is 6. The van der Waals surface area contributed by atoms with Gasteiger partial charge in [-0.2, -0.15) is 5.26 Å². The van der Waals surface area contributed by atoms with E-state index in [0.29, 0.717) is 66.3 Å². The van der Waals surface area contributed by atoms with Crippen molar-refractivity contribution >= 4 is 39.6 Å². The number of imidazole rings is 1. The van der Waals surface area contributed by atoms with Crippen LogP contribution >= 0.6 is 0 Å². The van der Waals surface area contributed by atoms with Crippen molar-refractivity contribution in [1.29, 1.82) is 5.26 Å². The van der Waals surface area contributed by atoms with Crippen LogP contribution < -0.4 is 5.32 Å². The second kappa shape index (κ2) is 9.76. The van der Waals surface area contributed by atoms with Crippen molar-refractivity contribution in [2.75, 3.05) is 26.2 Å². The largest absolute Gasteiger partial charge is 0.396 e. The fraction of sp³-hybridized carbons (Fsp3) is 0.333. The van der Waals surface area contributed by atoms with Gasteiger partial charge in [0.05, 0.1) is 34.6 Å². The van der Waals surface area contributed by atoms with Gasteiger partial charge in [0.15, 0.2) is 6.23 Å². The minimum absolute atomic E-state index is 0.0428. The van der Waals surface area contributed by atoms with Crippen molar-refractivity contribution in [2.45, 2.75) is 32.2 Å². The van der Waals surface area contributed by atoms with Crippen LogP contribution in [0, 0.1) is 17.2 Å². The fourth-order valence-electron chi connectivity index (χ4n) is 6.47. The summed E-state index contributed by atoms with van der Waals surface area (Å²) in [6.45, 7) is 2.68. The maximum absolute atomic E-state index is 13.5. The third-order valence-electron chi connectivity index (χ3n) is 8.57. The summed E-state index contributed by atoms with van der Waals surface area (Å²) in [5, 5.41) is 33.7. The van der Waals surface area contributed by atoms with Gasteiger partial charge >= 0.3 is 6.03 Å². The monoisotopic (exact) mass is 551 g/mol. The SMILES string of the molecule is N#Cc1cc2c3c(c1)c(C1=C(c4cnc5ccccn45)C(O)NC1=O)cn3CCN(C(=O)N1CCC(CO)CC1)C2. The molecule has 1 aromatic carbocycles. The van der Waals surface area contributed by atoms with E-state index in [-0.39, 0.29) is 18.6 Å². The van der Waals surface area contributed by atoms with Crippen molar-refractivity contribution in [3.63, 3.8) is 0 Å². The number of nitrogens with zero attached hydrogens (tertiary/aromatic N) is 6. The van der Waals surface area contributed by atoms with Crippen LogP contribution in [0.3, 0.4) is 0 Å². The lowest BCUT2D eigenvalue weighted by atomic mass is 9.96. The summed E-state index contributed by atoms with van der Waals surface area (Å²) in [6, 6.07) is 11.4. The van der Waals surface area contributed by atoms with Gasteiger partial charge in [0.2, 0.25) is 0 Å². The predicted octanol–water partition coefficient (Wildman–Crippen LogP) is 2.16. The highest BCUT2D eigenvalue weighted by atomic mass is 16.3. The molecule has 4 aromatic rings. The lowest BCUT2D eigenvalue weighted by Crippen LogP contribution is -2.47. The van der Waals surface area contributed by atoms with Crippen LogP contribution in [0.2, 0.25) is 0 Å². The number of likely N-dealkylation sites (tertiary alicyclic amines) is 1. The topological polar surface area (TPSA) is 139 Å². The Bertz CT molecular complexity index is 1790. The lowest BCUT2D eigenvalue weighted by molar-refractivity contribution is -0.116. The molecule has 0 aliphatic carbocycles. The van der Waals surface area contributed by atoms with E-state index < -0.39 is 12.1 Å². The van der Waals surface area contributed by atoms with Gasteiger partial charge in [-0.25, -0.2) is 9.78 Å². The van der Waals surface area contributed by atoms with Crippen LogP contribution in [0.1, 0.15) is 35.2 Å². The van der Waals surface area contributed by atoms with Crippen LogP contribution in [0.25, 0.3) is 27.7 Å². The molecule has 7 rings (SSSR count). The zero-order valence-electron chi connectivity index (χ0n) is 22.3. The van der Waals surface area contributed by atoms with E-state index in [1.54, 1.807) is 12.3 Å². The van der Waals surface area contributed by atoms with Crippen molar-refractivity contribution < 1.29 is 19.8 Å². The van der Waals surface area contributed by atoms with E-state index in [9.17, 15) is 25.1 Å². The Labute approximate surface area is 235 Å². The van der Waals surface area contributed by atoms with Gasteiger partial charge in [-0.1, -0.05) is 6.07 Å². The number of pyridine rings is 1. The maximum atomic E-state index is 13.5. The third-order valence-corrected chi connectivity index (χ3v) is 8.57. The molecule has 1 fully saturated rings. The average molecular weight is 552 g/mol. The van der Waals surface area contributed by atoms with Gasteiger partial charge in [0, 0.05) is 68.2 Å². The van der Waals surface area contributed by atoms with Crippen molar-refractivity contribution in [3.05, 3.63) is 71.3 Å². The third kappa shape index (κ3) is 4.06. The molecular weight excluding hydrogens is 522 g/mol. The lowest BCUT2D eigenvalue weighted by Gasteiger charge is -2.35. The Morgan fingerprint density at radius 3 is 2.76 bits per heavy atom. The summed E-state index contributed by atoms with van der Waals surface area (Å²) in [5.41, 5.74) is 4.82. The number of rotatable bonds is 3. The molecule has 1 saturated heterocycles. The van der Waals surface area contributed by atoms with Crippen LogP contribution in [-0.4, -0.2) is 78.4 Å². The van der Waals surface area contributed by atoms with Gasteiger partial charge < -0.3 is 29.9 Å². The molecule has 41 heavy (non-hydrogen) atoms. The Balaban J connectivity index is 1.33. The number of aromatic nitrogens is 3. The first kappa shape index (κ1) is 25.3. The molecule has 0 bridgehead atoms. The van der Waals surface area contributed by atoms with Crippen molar-refractivity contribution in [1.82, 2.24) is 29.1 Å². The van der Waals surface area contributed by atoms with E-state index in [2.05, 4.69) is 16.4 Å². The number of piperidine rings is 1. The first-order valence-corrected chi connectivity index (χ1v) is 13.8. The summed E-state index contributed by atoms with van der Waals surface area (Å²) >= 11 is 0. The summed E-state index contributed by atoms with van der Waals surface area (Å²) < 4.78 is 3.88. The Morgan fingerprint density at radius 1 is 1.15 bits per heavy atom. The quantitative estimate of drug-likeness (QED) is 0.357. The molecule has 0 radical (unpaired) electrons. The van der Waals surface area contributed by atoms with Crippen LogP contribution in [-0.2, 0) is 17.9 Å². The van der Waals surface area contributed by atoms with Crippen LogP contribution in [0.15, 0.2) is 48.9 Å². The van der Waals surface area contributed by atoms with E-state index in [1.807, 2.05) is 55.4 Å². The number of carbonyl (C=O) groups excluding carboxylic acids is 2. The van der Waals surface area contributed by atoms with Crippen molar-refractivity contribution in [3.8, 4) is 6.07 Å². The molecule has 208 valence electrons. The molecule has 0 spiro atoms. The number of benzene rings is 1. The van der Waals surface area contributed by atoms with Gasteiger partial charge in [0.25, 0.3) is 5.91 Å². The molecule has 3 aliphatic heterocycles. The van der Waals surface area contributed by atoms with E-state index in [1.165, 1.54) is 0 Å². The van der Waals surface area contributed by atoms with Gasteiger partial charge in [-0.15, -0.1) is 0 Å². The number of aliphatic hydroxyl groups is 2. The molecule has 1 atom stereocenters. The number of nitrogens with one attached hydrogen (secondary N) is 1. The van der Waals surface area contributed by atoms with E-state index >= 15 is 0 Å². The molecule has 6 heterocycles. The zero-order valence-corrected chi connectivity index (χ0v) is 22.3. The second-order valence-corrected chi connectivity index (χ2v) is 10.9. The Kier molecular flexibility index (Phi) is 6.03. The van der Waals surface area contributed by atoms with Crippen LogP contribution in [0.4, 0.5) is 4.79 Å². The van der Waals surface area contributed by atoms with E-state index in [4.69, 9.17) is 0 Å². The molecular formula is C30H29N7O4. The number of fused-ring (bicyclic) bond motifs is 1. The first-order chi connectivity index (χ1) is 20.0. The van der Waals surface area contributed by atoms with Crippen LogP contribution in [0.5, 0.6) is 0 Å². The Hall–Kier alpha value is -4.66. The summed E-state index contributed by atoms with van der Waals surface area (Å²) in [7, 11) is 0. The fourth-order valence-corrected chi connectivity index (χ4v) is 6.47. The minimum Gasteiger partial charge on any atom is -0.396 e. The number of nitriles is 1. The number of urea groups is 1. The Morgan fingerprint density at radius 2 is 1.98 bits per heavy atom. The summed E-state index contributed by atoms with van der Waals surface area (Å²) in [4.78, 5) is 35.0.